The molecule has 116 valence electrons. The van der Waals surface area contributed by atoms with Gasteiger partial charge in [0.25, 0.3) is 5.69 Å². The first-order chi connectivity index (χ1) is 9.86. The van der Waals surface area contributed by atoms with Crippen molar-refractivity contribution in [2.24, 2.45) is 5.73 Å². The van der Waals surface area contributed by atoms with E-state index in [0.717, 1.165) is 6.07 Å². The van der Waals surface area contributed by atoms with Crippen LogP contribution in [0.25, 0.3) is 0 Å². The average molecular weight is 316 g/mol. The van der Waals surface area contributed by atoms with Gasteiger partial charge >= 0.3 is 0 Å². The number of nitrogens with zero attached hydrogens (tertiary/aromatic N) is 1. The first-order valence-corrected chi connectivity index (χ1v) is 7.56. The van der Waals surface area contributed by atoms with Crippen molar-refractivity contribution in [2.45, 2.75) is 11.3 Å². The fraction of sp³-hybridized carbons (Fsp3) is 0.364. The van der Waals surface area contributed by atoms with Gasteiger partial charge < -0.3 is 11.1 Å². The van der Waals surface area contributed by atoms with E-state index >= 15 is 0 Å². The predicted octanol–water partition coefficient (Wildman–Crippen LogP) is -0.662. The Balaban J connectivity index is 2.60. The number of rotatable bonds is 8. The molecule has 1 rings (SSSR count). The number of amides is 1. The first-order valence-electron chi connectivity index (χ1n) is 6.07. The van der Waals surface area contributed by atoms with Gasteiger partial charge in [-0.05, 0) is 6.07 Å². The van der Waals surface area contributed by atoms with E-state index < -0.39 is 14.9 Å². The smallest absolute Gasteiger partial charge is 0.270 e. The van der Waals surface area contributed by atoms with Crippen LogP contribution in [0.3, 0.4) is 0 Å². The van der Waals surface area contributed by atoms with E-state index in [4.69, 9.17) is 5.73 Å². The van der Waals surface area contributed by atoms with Crippen LogP contribution < -0.4 is 15.8 Å². The van der Waals surface area contributed by atoms with Gasteiger partial charge in [0.05, 0.1) is 9.82 Å². The molecule has 0 heterocycles. The number of nitro groups is 1. The van der Waals surface area contributed by atoms with Crippen LogP contribution in [0.4, 0.5) is 5.69 Å². The van der Waals surface area contributed by atoms with E-state index in [-0.39, 0.29) is 42.5 Å². The normalized spacial score (nSPS) is 11.1. The van der Waals surface area contributed by atoms with E-state index in [2.05, 4.69) is 10.0 Å². The molecule has 0 aliphatic carbocycles. The fourth-order valence-corrected chi connectivity index (χ4v) is 2.53. The molecule has 0 aliphatic heterocycles. The fourth-order valence-electron chi connectivity index (χ4n) is 1.45. The highest BCUT2D eigenvalue weighted by molar-refractivity contribution is 7.89. The Morgan fingerprint density at radius 2 is 2.05 bits per heavy atom. The molecular weight excluding hydrogens is 300 g/mol. The summed E-state index contributed by atoms with van der Waals surface area (Å²) in [5.74, 6) is -0.271. The van der Waals surface area contributed by atoms with Crippen LogP contribution in [-0.2, 0) is 14.8 Å². The molecule has 0 radical (unpaired) electrons. The van der Waals surface area contributed by atoms with E-state index in [9.17, 15) is 23.3 Å². The second-order valence-corrected chi connectivity index (χ2v) is 5.81. The Hall–Kier alpha value is -2.04. The maximum absolute atomic E-state index is 11.9. The summed E-state index contributed by atoms with van der Waals surface area (Å²) in [6.07, 6.45) is 0.164. The van der Waals surface area contributed by atoms with Crippen molar-refractivity contribution in [1.29, 1.82) is 0 Å². The number of nitrogens with two attached hydrogens (primary N) is 1. The van der Waals surface area contributed by atoms with Crippen LogP contribution in [0.5, 0.6) is 0 Å². The third-order valence-corrected chi connectivity index (χ3v) is 3.91. The number of hydrogen-bond donors (Lipinski definition) is 3. The van der Waals surface area contributed by atoms with Gasteiger partial charge in [-0.2, -0.15) is 0 Å². The number of carbonyl (C=O) groups is 1. The molecule has 4 N–H and O–H groups in total. The molecule has 0 aromatic heterocycles. The highest BCUT2D eigenvalue weighted by atomic mass is 32.2. The SMILES string of the molecule is NCCC(=O)NCCNS(=O)(=O)c1cccc([N+](=O)[O-])c1. The summed E-state index contributed by atoms with van der Waals surface area (Å²) >= 11 is 0. The maximum atomic E-state index is 11.9. The van der Waals surface area contributed by atoms with Crippen molar-refractivity contribution in [3.05, 3.63) is 34.4 Å². The maximum Gasteiger partial charge on any atom is 0.270 e. The lowest BCUT2D eigenvalue weighted by atomic mass is 10.3. The minimum absolute atomic E-state index is 0.0265. The molecule has 0 atom stereocenters. The summed E-state index contributed by atoms with van der Waals surface area (Å²) in [5.41, 5.74) is 4.88. The zero-order valence-electron chi connectivity index (χ0n) is 11.1. The van der Waals surface area contributed by atoms with E-state index in [1.807, 2.05) is 0 Å². The number of non-ortho nitro benzene ring substituents is 1. The molecule has 1 aromatic rings. The van der Waals surface area contributed by atoms with Crippen molar-refractivity contribution in [3.63, 3.8) is 0 Å². The van der Waals surface area contributed by atoms with E-state index in [1.54, 1.807) is 0 Å². The second-order valence-electron chi connectivity index (χ2n) is 4.04. The van der Waals surface area contributed by atoms with Crippen molar-refractivity contribution in [3.8, 4) is 0 Å². The molecule has 0 unspecified atom stereocenters. The summed E-state index contributed by atoms with van der Waals surface area (Å²) in [4.78, 5) is 20.8. The first kappa shape index (κ1) is 17.0. The largest absolute Gasteiger partial charge is 0.355 e. The van der Waals surface area contributed by atoms with Gasteiger partial charge in [-0.15, -0.1) is 0 Å². The number of benzene rings is 1. The molecule has 0 fully saturated rings. The quantitative estimate of drug-likeness (QED) is 0.330. The topological polar surface area (TPSA) is 144 Å². The number of hydrogen-bond acceptors (Lipinski definition) is 6. The zero-order chi connectivity index (χ0) is 15.9. The van der Waals surface area contributed by atoms with Crippen LogP contribution in [0.2, 0.25) is 0 Å². The van der Waals surface area contributed by atoms with Crippen LogP contribution in [0.15, 0.2) is 29.2 Å². The molecule has 0 aliphatic rings. The molecule has 0 saturated heterocycles. The van der Waals surface area contributed by atoms with Crippen LogP contribution in [-0.4, -0.2) is 38.9 Å². The van der Waals surface area contributed by atoms with E-state index in [0.29, 0.717) is 0 Å². The van der Waals surface area contributed by atoms with Gasteiger partial charge in [-0.1, -0.05) is 6.07 Å². The Morgan fingerprint density at radius 1 is 1.33 bits per heavy atom. The molecule has 1 amide bonds. The molecular formula is C11H16N4O5S. The number of sulfonamides is 1. The molecule has 0 bridgehead atoms. The van der Waals surface area contributed by atoms with Crippen molar-refractivity contribution >= 4 is 21.6 Å². The molecule has 9 nitrogen and oxygen atoms in total. The average Bonchev–Trinajstić information content (AvgIpc) is 2.44. The second kappa shape index (κ2) is 7.67. The highest BCUT2D eigenvalue weighted by Crippen LogP contribution is 2.16. The van der Waals surface area contributed by atoms with Crippen LogP contribution >= 0.6 is 0 Å². The molecule has 0 spiro atoms. The molecule has 0 saturated carbocycles. The number of carbonyl (C=O) groups excluding carboxylic acids is 1. The van der Waals surface area contributed by atoms with Gasteiger partial charge in [-0.25, -0.2) is 13.1 Å². The van der Waals surface area contributed by atoms with Crippen molar-refractivity contribution in [2.75, 3.05) is 19.6 Å². The van der Waals surface area contributed by atoms with Crippen molar-refractivity contribution in [1.82, 2.24) is 10.0 Å². The van der Waals surface area contributed by atoms with Gasteiger partial charge in [0.2, 0.25) is 15.9 Å². The Labute approximate surface area is 121 Å². The minimum Gasteiger partial charge on any atom is -0.355 e. The summed E-state index contributed by atoms with van der Waals surface area (Å²) in [7, 11) is -3.86. The van der Waals surface area contributed by atoms with Gasteiger partial charge in [0, 0.05) is 38.2 Å². The van der Waals surface area contributed by atoms with E-state index in [1.165, 1.54) is 18.2 Å². The van der Waals surface area contributed by atoms with Crippen LogP contribution in [0, 0.1) is 10.1 Å². The van der Waals surface area contributed by atoms with Gasteiger partial charge in [-0.3, -0.25) is 14.9 Å². The monoisotopic (exact) mass is 316 g/mol. The summed E-state index contributed by atoms with van der Waals surface area (Å²) in [6.45, 7) is 0.291. The lowest BCUT2D eigenvalue weighted by molar-refractivity contribution is -0.385. The molecule has 1 aromatic carbocycles. The summed E-state index contributed by atoms with van der Waals surface area (Å²) < 4.78 is 26.1. The Morgan fingerprint density at radius 3 is 2.67 bits per heavy atom. The van der Waals surface area contributed by atoms with Gasteiger partial charge in [0.15, 0.2) is 0 Å². The summed E-state index contributed by atoms with van der Waals surface area (Å²) in [6, 6.07) is 4.71. The third-order valence-electron chi connectivity index (χ3n) is 2.45. The standard InChI is InChI=1S/C11H16N4O5S/c12-5-4-11(16)13-6-7-14-21(19,20)10-3-1-2-9(8-10)15(17)18/h1-3,8,14H,4-7,12H2,(H,13,16). The summed E-state index contributed by atoms with van der Waals surface area (Å²) in [5, 5.41) is 13.1. The van der Waals surface area contributed by atoms with Crippen LogP contribution in [0.1, 0.15) is 6.42 Å². The third kappa shape index (κ3) is 5.45. The van der Waals surface area contributed by atoms with Crippen molar-refractivity contribution < 1.29 is 18.1 Å². The predicted molar refractivity (Wildman–Crippen MR) is 75.0 cm³/mol. The highest BCUT2D eigenvalue weighted by Gasteiger charge is 2.16. The number of nitro benzene ring substituents is 1. The lowest BCUT2D eigenvalue weighted by Gasteiger charge is -2.07. The Bertz CT molecular complexity index is 617. The zero-order valence-corrected chi connectivity index (χ0v) is 11.9. The molecule has 10 heteroatoms. The molecule has 21 heavy (non-hydrogen) atoms. The van der Waals surface area contributed by atoms with Gasteiger partial charge in [0.1, 0.15) is 0 Å². The minimum atomic E-state index is -3.86. The lowest BCUT2D eigenvalue weighted by Crippen LogP contribution is -2.35. The Kier molecular flexibility index (Phi) is 6.21. The number of nitrogens with one attached hydrogen (secondary N) is 2.